The number of fused-ring (bicyclic) bond motifs is 1. The maximum absolute atomic E-state index is 13.8. The van der Waals surface area contributed by atoms with Crippen molar-refractivity contribution in [2.75, 3.05) is 5.75 Å². The number of thioether (sulfide) groups is 1. The monoisotopic (exact) mass is 408 g/mol. The molecule has 2 heterocycles. The molecular formula is C19H18F2N2O2S2. The molecule has 0 spiro atoms. The quantitative estimate of drug-likeness (QED) is 0.342. The van der Waals surface area contributed by atoms with Gasteiger partial charge in [0.15, 0.2) is 10.9 Å². The summed E-state index contributed by atoms with van der Waals surface area (Å²) in [5, 5.41) is 0.993. The lowest BCUT2D eigenvalue weighted by atomic mass is 10.1. The van der Waals surface area contributed by atoms with E-state index in [4.69, 9.17) is 0 Å². The van der Waals surface area contributed by atoms with Gasteiger partial charge in [0.25, 0.3) is 5.56 Å². The Bertz CT molecular complexity index is 1100. The maximum Gasteiger partial charge on any atom is 0.263 e. The third kappa shape index (κ3) is 3.68. The first-order valence-corrected chi connectivity index (χ1v) is 10.1. The van der Waals surface area contributed by atoms with E-state index in [2.05, 4.69) is 4.98 Å². The molecule has 0 N–H and O–H groups in total. The maximum atomic E-state index is 13.8. The van der Waals surface area contributed by atoms with Gasteiger partial charge in [0.2, 0.25) is 0 Å². The molecule has 0 aliphatic heterocycles. The Morgan fingerprint density at radius 1 is 1.30 bits per heavy atom. The van der Waals surface area contributed by atoms with Gasteiger partial charge in [-0.3, -0.25) is 14.2 Å². The smallest absolute Gasteiger partial charge is 0.263 e. The largest absolute Gasteiger partial charge is 0.293 e. The predicted molar refractivity (Wildman–Crippen MR) is 105 cm³/mol. The number of rotatable bonds is 5. The number of hydrogen-bond donors (Lipinski definition) is 0. The van der Waals surface area contributed by atoms with E-state index in [0.29, 0.717) is 15.4 Å². The van der Waals surface area contributed by atoms with E-state index in [1.807, 2.05) is 27.7 Å². The number of Topliss-reactive ketones (excluding diaryl/α,β-unsaturated/α-hetero) is 1. The summed E-state index contributed by atoms with van der Waals surface area (Å²) in [5.41, 5.74) is 0.463. The van der Waals surface area contributed by atoms with Crippen molar-refractivity contribution in [3.8, 4) is 0 Å². The number of carbonyl (C=O) groups is 1. The van der Waals surface area contributed by atoms with Gasteiger partial charge in [-0.05, 0) is 51.5 Å². The van der Waals surface area contributed by atoms with E-state index >= 15 is 0 Å². The van der Waals surface area contributed by atoms with Crippen molar-refractivity contribution >= 4 is 39.1 Å². The van der Waals surface area contributed by atoms with E-state index in [1.165, 1.54) is 11.3 Å². The fourth-order valence-electron chi connectivity index (χ4n) is 2.76. The van der Waals surface area contributed by atoms with Gasteiger partial charge in [-0.1, -0.05) is 11.8 Å². The minimum Gasteiger partial charge on any atom is -0.293 e. The molecule has 4 nitrogen and oxygen atoms in total. The highest BCUT2D eigenvalue weighted by atomic mass is 32.2. The summed E-state index contributed by atoms with van der Waals surface area (Å²) < 4.78 is 28.7. The molecule has 0 aliphatic rings. The zero-order chi connectivity index (χ0) is 19.9. The first-order valence-electron chi connectivity index (χ1n) is 8.34. The Balaban J connectivity index is 1.99. The van der Waals surface area contributed by atoms with E-state index < -0.39 is 17.4 Å². The Kier molecular flexibility index (Phi) is 5.48. The number of ketones is 1. The number of hydrogen-bond acceptors (Lipinski definition) is 5. The third-order valence-corrected chi connectivity index (χ3v) is 6.33. The van der Waals surface area contributed by atoms with Gasteiger partial charge in [-0.15, -0.1) is 11.3 Å². The first-order chi connectivity index (χ1) is 12.7. The molecule has 1 aromatic carbocycles. The lowest BCUT2D eigenvalue weighted by Crippen LogP contribution is -2.25. The number of thiophene rings is 1. The number of halogens is 2. The molecule has 0 fully saturated rings. The fraction of sp³-hybridized carbons (Fsp3) is 0.316. The summed E-state index contributed by atoms with van der Waals surface area (Å²) in [7, 11) is 0. The van der Waals surface area contributed by atoms with E-state index in [0.717, 1.165) is 40.4 Å². The van der Waals surface area contributed by atoms with Gasteiger partial charge in [-0.2, -0.15) is 0 Å². The minimum absolute atomic E-state index is 0.144. The molecule has 0 radical (unpaired) electrons. The van der Waals surface area contributed by atoms with Crippen molar-refractivity contribution < 1.29 is 13.6 Å². The van der Waals surface area contributed by atoms with Gasteiger partial charge >= 0.3 is 0 Å². The van der Waals surface area contributed by atoms with Gasteiger partial charge in [0, 0.05) is 10.9 Å². The van der Waals surface area contributed by atoms with Crippen LogP contribution in [-0.2, 0) is 0 Å². The van der Waals surface area contributed by atoms with Crippen LogP contribution in [0.2, 0.25) is 0 Å². The average Bonchev–Trinajstić information content (AvgIpc) is 2.88. The lowest BCUT2D eigenvalue weighted by molar-refractivity contribution is 0.101. The van der Waals surface area contributed by atoms with Gasteiger partial charge in [0.1, 0.15) is 16.5 Å². The summed E-state index contributed by atoms with van der Waals surface area (Å²) >= 11 is 2.49. The standard InChI is InChI=1S/C19H18F2N2O2S2/c1-9(2)23-18(25)16-10(3)11(4)27-17(16)22-19(23)26-8-15(24)13-7-12(20)5-6-14(13)21/h5-7,9H,8H2,1-4H3. The van der Waals surface area contributed by atoms with Crippen LogP contribution in [-0.4, -0.2) is 21.1 Å². The zero-order valence-electron chi connectivity index (χ0n) is 15.3. The molecule has 0 unspecified atom stereocenters. The predicted octanol–water partition coefficient (Wildman–Crippen LogP) is 4.91. The van der Waals surface area contributed by atoms with Crippen molar-refractivity contribution in [3.63, 3.8) is 0 Å². The van der Waals surface area contributed by atoms with Crippen molar-refractivity contribution in [1.82, 2.24) is 9.55 Å². The molecule has 0 atom stereocenters. The van der Waals surface area contributed by atoms with Crippen LogP contribution in [0.25, 0.3) is 10.2 Å². The summed E-state index contributed by atoms with van der Waals surface area (Å²) in [6.45, 7) is 7.55. The second-order valence-corrected chi connectivity index (χ2v) is 8.61. The Labute approximate surface area is 163 Å². The summed E-state index contributed by atoms with van der Waals surface area (Å²) in [5.74, 6) is -2.14. The summed E-state index contributed by atoms with van der Waals surface area (Å²) in [4.78, 5) is 31.5. The molecular weight excluding hydrogens is 390 g/mol. The Hall–Kier alpha value is -2.06. The normalized spacial score (nSPS) is 11.5. The number of aryl methyl sites for hydroxylation is 2. The van der Waals surface area contributed by atoms with Crippen LogP contribution in [0.4, 0.5) is 8.78 Å². The highest BCUT2D eigenvalue weighted by Gasteiger charge is 2.20. The van der Waals surface area contributed by atoms with Crippen molar-refractivity contribution in [1.29, 1.82) is 0 Å². The number of carbonyl (C=O) groups excluding carboxylic acids is 1. The molecule has 142 valence electrons. The SMILES string of the molecule is Cc1sc2nc(SCC(=O)c3cc(F)ccc3F)n(C(C)C)c(=O)c2c1C. The van der Waals surface area contributed by atoms with Crippen molar-refractivity contribution in [2.45, 2.75) is 38.9 Å². The molecule has 0 saturated carbocycles. The summed E-state index contributed by atoms with van der Waals surface area (Å²) in [6.07, 6.45) is 0. The zero-order valence-corrected chi connectivity index (χ0v) is 16.9. The van der Waals surface area contributed by atoms with Crippen molar-refractivity contribution in [2.24, 2.45) is 0 Å². The second kappa shape index (κ2) is 7.52. The number of nitrogens with zero attached hydrogens (tertiary/aromatic N) is 2. The summed E-state index contributed by atoms with van der Waals surface area (Å²) in [6, 6.07) is 2.62. The highest BCUT2D eigenvalue weighted by molar-refractivity contribution is 7.99. The lowest BCUT2D eigenvalue weighted by Gasteiger charge is -2.15. The van der Waals surface area contributed by atoms with E-state index in [-0.39, 0.29) is 22.9 Å². The molecule has 0 amide bonds. The number of benzene rings is 1. The van der Waals surface area contributed by atoms with Crippen LogP contribution in [0.5, 0.6) is 0 Å². The van der Waals surface area contributed by atoms with E-state index in [9.17, 15) is 18.4 Å². The molecule has 3 aromatic rings. The van der Waals surface area contributed by atoms with Crippen molar-refractivity contribution in [3.05, 3.63) is 56.2 Å². The van der Waals surface area contributed by atoms with Crippen LogP contribution >= 0.6 is 23.1 Å². The van der Waals surface area contributed by atoms with Crippen LogP contribution in [0.3, 0.4) is 0 Å². The van der Waals surface area contributed by atoms with Gasteiger partial charge < -0.3 is 0 Å². The minimum atomic E-state index is -0.767. The highest BCUT2D eigenvalue weighted by Crippen LogP contribution is 2.29. The van der Waals surface area contributed by atoms with Crippen LogP contribution in [0.15, 0.2) is 28.2 Å². The molecule has 27 heavy (non-hydrogen) atoms. The van der Waals surface area contributed by atoms with Crippen LogP contribution < -0.4 is 5.56 Å². The van der Waals surface area contributed by atoms with Crippen LogP contribution in [0, 0.1) is 25.5 Å². The van der Waals surface area contributed by atoms with E-state index in [1.54, 1.807) is 4.57 Å². The molecule has 2 aromatic heterocycles. The second-order valence-electron chi connectivity index (χ2n) is 6.46. The Morgan fingerprint density at radius 2 is 2.00 bits per heavy atom. The van der Waals surface area contributed by atoms with Gasteiger partial charge in [-0.25, -0.2) is 13.8 Å². The first kappa shape index (κ1) is 19.7. The molecule has 0 saturated heterocycles. The molecule has 0 bridgehead atoms. The fourth-order valence-corrected chi connectivity index (χ4v) is 4.85. The Morgan fingerprint density at radius 3 is 2.67 bits per heavy atom. The van der Waals surface area contributed by atoms with Gasteiger partial charge in [0.05, 0.1) is 16.7 Å². The molecule has 8 heteroatoms. The number of aromatic nitrogens is 2. The molecule has 0 aliphatic carbocycles. The van der Waals surface area contributed by atoms with Crippen LogP contribution in [0.1, 0.15) is 40.7 Å². The third-order valence-electron chi connectivity index (χ3n) is 4.28. The average molecular weight is 408 g/mol. The molecule has 3 rings (SSSR count). The topological polar surface area (TPSA) is 52.0 Å².